The van der Waals surface area contributed by atoms with Crippen LogP contribution in [0.1, 0.15) is 5.56 Å². The second-order valence-corrected chi connectivity index (χ2v) is 4.53. The Hall–Kier alpha value is -1.38. The number of nitrogen functional groups attached to an aromatic ring is 1. The van der Waals surface area contributed by atoms with Crippen LogP contribution in [-0.2, 0) is 0 Å². The number of benzene rings is 2. The van der Waals surface area contributed by atoms with Crippen LogP contribution in [0.5, 0.6) is 11.5 Å². The first kappa shape index (κ1) is 12.1. The maximum absolute atomic E-state index is 5.91. The Bertz CT molecular complexity index is 555. The number of anilines is 1. The molecule has 4 heteroatoms. The van der Waals surface area contributed by atoms with Crippen molar-refractivity contribution in [3.05, 3.63) is 52.0 Å². The predicted octanol–water partition coefficient (Wildman–Crippen LogP) is 4.68. The van der Waals surface area contributed by atoms with E-state index in [4.69, 9.17) is 33.7 Å². The third kappa shape index (κ3) is 2.84. The van der Waals surface area contributed by atoms with Gasteiger partial charge in [-0.25, -0.2) is 0 Å². The van der Waals surface area contributed by atoms with Crippen molar-refractivity contribution in [3.63, 3.8) is 0 Å². The fraction of sp³-hybridized carbons (Fsp3) is 0.0769. The number of hydrogen-bond acceptors (Lipinski definition) is 2. The van der Waals surface area contributed by atoms with E-state index in [0.717, 1.165) is 5.56 Å². The summed E-state index contributed by atoms with van der Waals surface area (Å²) in [7, 11) is 0. The zero-order valence-electron chi connectivity index (χ0n) is 9.21. The Morgan fingerprint density at radius 2 is 1.76 bits per heavy atom. The summed E-state index contributed by atoms with van der Waals surface area (Å²) in [4.78, 5) is 0. The molecule has 0 unspecified atom stereocenters. The van der Waals surface area contributed by atoms with E-state index in [2.05, 4.69) is 0 Å². The molecule has 0 spiro atoms. The fourth-order valence-corrected chi connectivity index (χ4v) is 1.69. The SMILES string of the molecule is Cc1ccc(N)c(Oc2ccc(Cl)c(Cl)c2)c1. The molecule has 0 aliphatic carbocycles. The van der Waals surface area contributed by atoms with Gasteiger partial charge in [-0.05, 0) is 36.8 Å². The van der Waals surface area contributed by atoms with Crippen molar-refractivity contribution in [2.45, 2.75) is 6.92 Å². The van der Waals surface area contributed by atoms with E-state index in [9.17, 15) is 0 Å². The Morgan fingerprint density at radius 3 is 2.47 bits per heavy atom. The van der Waals surface area contributed by atoms with Crippen LogP contribution >= 0.6 is 23.2 Å². The van der Waals surface area contributed by atoms with Crippen LogP contribution in [0.4, 0.5) is 5.69 Å². The van der Waals surface area contributed by atoms with Gasteiger partial charge >= 0.3 is 0 Å². The van der Waals surface area contributed by atoms with Crippen LogP contribution in [0.15, 0.2) is 36.4 Å². The first-order valence-corrected chi connectivity index (χ1v) is 5.81. The van der Waals surface area contributed by atoms with E-state index in [1.165, 1.54) is 0 Å². The molecule has 2 N–H and O–H groups in total. The van der Waals surface area contributed by atoms with Gasteiger partial charge in [0.1, 0.15) is 5.75 Å². The van der Waals surface area contributed by atoms with Gasteiger partial charge in [0.25, 0.3) is 0 Å². The largest absolute Gasteiger partial charge is 0.455 e. The highest BCUT2D eigenvalue weighted by Gasteiger charge is 2.04. The molecule has 0 aliphatic heterocycles. The summed E-state index contributed by atoms with van der Waals surface area (Å²) in [5, 5.41) is 0.951. The summed E-state index contributed by atoms with van der Waals surface area (Å²) < 4.78 is 5.66. The fourth-order valence-electron chi connectivity index (χ4n) is 1.40. The smallest absolute Gasteiger partial charge is 0.150 e. The molecule has 0 aromatic heterocycles. The third-order valence-electron chi connectivity index (χ3n) is 2.29. The van der Waals surface area contributed by atoms with Gasteiger partial charge in [0.05, 0.1) is 15.7 Å². The Morgan fingerprint density at radius 1 is 1.00 bits per heavy atom. The second-order valence-electron chi connectivity index (χ2n) is 3.72. The van der Waals surface area contributed by atoms with Crippen LogP contribution in [0.3, 0.4) is 0 Å². The van der Waals surface area contributed by atoms with Gasteiger partial charge in [0, 0.05) is 6.07 Å². The minimum Gasteiger partial charge on any atom is -0.455 e. The average molecular weight is 268 g/mol. The summed E-state index contributed by atoms with van der Waals surface area (Å²) >= 11 is 11.7. The van der Waals surface area contributed by atoms with Gasteiger partial charge in [-0.1, -0.05) is 29.3 Å². The van der Waals surface area contributed by atoms with E-state index >= 15 is 0 Å². The van der Waals surface area contributed by atoms with Crippen LogP contribution in [0.25, 0.3) is 0 Å². The molecular weight excluding hydrogens is 257 g/mol. The van der Waals surface area contributed by atoms with Crippen molar-refractivity contribution in [2.24, 2.45) is 0 Å². The van der Waals surface area contributed by atoms with Crippen molar-refractivity contribution in [1.82, 2.24) is 0 Å². The quantitative estimate of drug-likeness (QED) is 0.803. The molecule has 0 bridgehead atoms. The molecule has 88 valence electrons. The van der Waals surface area contributed by atoms with E-state index in [1.807, 2.05) is 25.1 Å². The first-order chi connectivity index (χ1) is 8.06. The molecule has 0 amide bonds. The van der Waals surface area contributed by atoms with Gasteiger partial charge in [-0.2, -0.15) is 0 Å². The highest BCUT2D eigenvalue weighted by atomic mass is 35.5. The van der Waals surface area contributed by atoms with Crippen molar-refractivity contribution in [3.8, 4) is 11.5 Å². The summed E-state index contributed by atoms with van der Waals surface area (Å²) in [5.74, 6) is 1.22. The highest BCUT2D eigenvalue weighted by molar-refractivity contribution is 6.42. The Kier molecular flexibility index (Phi) is 3.46. The van der Waals surface area contributed by atoms with E-state index < -0.39 is 0 Å². The summed E-state index contributed by atoms with van der Waals surface area (Å²) in [6, 6.07) is 10.7. The highest BCUT2D eigenvalue weighted by Crippen LogP contribution is 2.32. The molecule has 2 nitrogen and oxygen atoms in total. The second kappa shape index (κ2) is 4.86. The molecule has 0 saturated carbocycles. The summed E-state index contributed by atoms with van der Waals surface area (Å²) in [5.41, 5.74) is 7.48. The minimum atomic E-state index is 0.454. The standard InChI is InChI=1S/C13H11Cl2NO/c1-8-2-5-12(16)13(6-8)17-9-3-4-10(14)11(15)7-9/h2-7H,16H2,1H3. The van der Waals surface area contributed by atoms with Crippen molar-refractivity contribution < 1.29 is 4.74 Å². The lowest BCUT2D eigenvalue weighted by Gasteiger charge is -2.09. The summed E-state index contributed by atoms with van der Waals surface area (Å²) in [6.07, 6.45) is 0. The zero-order chi connectivity index (χ0) is 12.4. The van der Waals surface area contributed by atoms with E-state index in [-0.39, 0.29) is 0 Å². The van der Waals surface area contributed by atoms with Gasteiger partial charge < -0.3 is 10.5 Å². The van der Waals surface area contributed by atoms with Gasteiger partial charge in [0.15, 0.2) is 5.75 Å². The molecule has 0 atom stereocenters. The topological polar surface area (TPSA) is 35.2 Å². The van der Waals surface area contributed by atoms with Gasteiger partial charge in [-0.15, -0.1) is 0 Å². The van der Waals surface area contributed by atoms with Crippen molar-refractivity contribution >= 4 is 28.9 Å². The average Bonchev–Trinajstić information content (AvgIpc) is 2.29. The maximum Gasteiger partial charge on any atom is 0.150 e. The number of ether oxygens (including phenoxy) is 1. The minimum absolute atomic E-state index is 0.454. The van der Waals surface area contributed by atoms with Gasteiger partial charge in [-0.3, -0.25) is 0 Å². The van der Waals surface area contributed by atoms with Crippen LogP contribution in [0, 0.1) is 6.92 Å². The van der Waals surface area contributed by atoms with E-state index in [1.54, 1.807) is 18.2 Å². The molecule has 2 aromatic rings. The number of rotatable bonds is 2. The molecule has 17 heavy (non-hydrogen) atoms. The lowest BCUT2D eigenvalue weighted by atomic mass is 10.2. The normalized spacial score (nSPS) is 10.3. The monoisotopic (exact) mass is 267 g/mol. The van der Waals surface area contributed by atoms with Crippen molar-refractivity contribution in [2.75, 3.05) is 5.73 Å². The zero-order valence-corrected chi connectivity index (χ0v) is 10.7. The Balaban J connectivity index is 2.31. The third-order valence-corrected chi connectivity index (χ3v) is 3.03. The van der Waals surface area contributed by atoms with Crippen LogP contribution in [-0.4, -0.2) is 0 Å². The summed E-state index contributed by atoms with van der Waals surface area (Å²) in [6.45, 7) is 1.97. The Labute approximate surface area is 110 Å². The number of aryl methyl sites for hydroxylation is 1. The lowest BCUT2D eigenvalue weighted by Crippen LogP contribution is -1.92. The number of hydrogen-bond donors (Lipinski definition) is 1. The lowest BCUT2D eigenvalue weighted by molar-refractivity contribution is 0.485. The molecule has 0 fully saturated rings. The van der Waals surface area contributed by atoms with E-state index in [0.29, 0.717) is 27.2 Å². The maximum atomic E-state index is 5.91. The molecular formula is C13H11Cl2NO. The molecule has 0 aliphatic rings. The predicted molar refractivity (Wildman–Crippen MR) is 72.1 cm³/mol. The van der Waals surface area contributed by atoms with Crippen molar-refractivity contribution in [1.29, 1.82) is 0 Å². The van der Waals surface area contributed by atoms with Crippen LogP contribution < -0.4 is 10.5 Å². The first-order valence-electron chi connectivity index (χ1n) is 5.05. The van der Waals surface area contributed by atoms with Gasteiger partial charge in [0.2, 0.25) is 0 Å². The molecule has 2 rings (SSSR count). The molecule has 0 radical (unpaired) electrons. The number of halogens is 2. The molecule has 2 aromatic carbocycles. The molecule has 0 saturated heterocycles. The number of nitrogens with two attached hydrogens (primary N) is 1. The molecule has 0 heterocycles. The van der Waals surface area contributed by atoms with Crippen LogP contribution in [0.2, 0.25) is 10.0 Å².